The first-order chi connectivity index (χ1) is 9.60. The van der Waals surface area contributed by atoms with E-state index in [1.165, 1.54) is 45.1 Å². The van der Waals surface area contributed by atoms with Gasteiger partial charge in [0.25, 0.3) is 0 Å². The van der Waals surface area contributed by atoms with Crippen LogP contribution in [-0.4, -0.2) is 35.1 Å². The number of hydrogen-bond donors (Lipinski definition) is 1. The summed E-state index contributed by atoms with van der Waals surface area (Å²) in [5.74, 6) is 0. The molecule has 0 spiro atoms. The molecular weight excluding hydrogens is 246 g/mol. The minimum Gasteiger partial charge on any atom is -0.297 e. The Labute approximate surface area is 124 Å². The van der Waals surface area contributed by atoms with E-state index < -0.39 is 0 Å². The predicted molar refractivity (Wildman–Crippen MR) is 83.5 cm³/mol. The molecule has 1 N–H and O–H groups in total. The van der Waals surface area contributed by atoms with Gasteiger partial charge >= 0.3 is 0 Å². The lowest BCUT2D eigenvalue weighted by Gasteiger charge is -2.40. The minimum absolute atomic E-state index is 0.271. The van der Waals surface area contributed by atoms with E-state index in [0.717, 1.165) is 18.9 Å². The summed E-state index contributed by atoms with van der Waals surface area (Å²) in [5, 5.41) is 13.2. The third kappa shape index (κ3) is 3.54. The Morgan fingerprint density at radius 2 is 2.15 bits per heavy atom. The van der Waals surface area contributed by atoms with Crippen LogP contribution in [0, 0.1) is 11.3 Å². The van der Waals surface area contributed by atoms with Crippen molar-refractivity contribution in [2.24, 2.45) is 0 Å². The first kappa shape index (κ1) is 15.8. The van der Waals surface area contributed by atoms with Gasteiger partial charge in [-0.05, 0) is 58.9 Å². The van der Waals surface area contributed by atoms with Gasteiger partial charge in [-0.3, -0.25) is 10.2 Å². The van der Waals surface area contributed by atoms with E-state index in [1.807, 2.05) is 0 Å². The average molecular weight is 277 g/mol. The predicted octanol–water partition coefficient (Wildman–Crippen LogP) is 3.45. The summed E-state index contributed by atoms with van der Waals surface area (Å²) < 4.78 is 0. The van der Waals surface area contributed by atoms with Gasteiger partial charge in [0.1, 0.15) is 5.54 Å². The van der Waals surface area contributed by atoms with Crippen molar-refractivity contribution in [1.82, 2.24) is 10.2 Å². The van der Waals surface area contributed by atoms with Crippen molar-refractivity contribution in [3.05, 3.63) is 0 Å². The number of piperidine rings is 1. The largest absolute Gasteiger partial charge is 0.297 e. The van der Waals surface area contributed by atoms with Crippen molar-refractivity contribution in [3.63, 3.8) is 0 Å². The van der Waals surface area contributed by atoms with E-state index >= 15 is 0 Å². The lowest BCUT2D eigenvalue weighted by Crippen LogP contribution is -2.49. The molecule has 20 heavy (non-hydrogen) atoms. The summed E-state index contributed by atoms with van der Waals surface area (Å²) in [6, 6.07) is 4.37. The lowest BCUT2D eigenvalue weighted by atomic mass is 9.94. The molecule has 1 aliphatic carbocycles. The van der Waals surface area contributed by atoms with Crippen LogP contribution in [0.5, 0.6) is 0 Å². The number of nitrogens with zero attached hydrogens (tertiary/aromatic N) is 2. The molecule has 0 radical (unpaired) electrons. The summed E-state index contributed by atoms with van der Waals surface area (Å²) in [7, 11) is 0. The SMILES string of the molecule is CCCC1CCCCN1C1CCC(C#N)(NC(C)C)C1. The highest BCUT2D eigenvalue weighted by Gasteiger charge is 2.43. The van der Waals surface area contributed by atoms with Gasteiger partial charge in [-0.25, -0.2) is 0 Å². The van der Waals surface area contributed by atoms with Crippen LogP contribution in [0.25, 0.3) is 0 Å². The standard InChI is InChI=1S/C17H31N3/c1-4-7-15-8-5-6-11-20(15)16-9-10-17(12-16,13-18)19-14(2)3/h14-16,19H,4-12H2,1-3H3. The highest BCUT2D eigenvalue weighted by Crippen LogP contribution is 2.36. The second kappa shape index (κ2) is 6.91. The molecule has 0 aromatic carbocycles. The molecule has 3 heteroatoms. The maximum absolute atomic E-state index is 9.62. The molecule has 1 saturated carbocycles. The van der Waals surface area contributed by atoms with E-state index in [1.54, 1.807) is 0 Å². The first-order valence-electron chi connectivity index (χ1n) is 8.55. The lowest BCUT2D eigenvalue weighted by molar-refractivity contribution is 0.0875. The van der Waals surface area contributed by atoms with Crippen molar-refractivity contribution >= 4 is 0 Å². The van der Waals surface area contributed by atoms with Crippen molar-refractivity contribution in [2.45, 2.75) is 95.8 Å². The van der Waals surface area contributed by atoms with Crippen LogP contribution in [-0.2, 0) is 0 Å². The van der Waals surface area contributed by atoms with E-state index in [4.69, 9.17) is 0 Å². The molecule has 2 fully saturated rings. The van der Waals surface area contributed by atoms with Gasteiger partial charge in [0.2, 0.25) is 0 Å². The highest BCUT2D eigenvalue weighted by molar-refractivity contribution is 5.14. The maximum atomic E-state index is 9.62. The first-order valence-corrected chi connectivity index (χ1v) is 8.55. The molecule has 0 aromatic heterocycles. The summed E-state index contributed by atoms with van der Waals surface area (Å²) in [5.41, 5.74) is -0.271. The zero-order valence-corrected chi connectivity index (χ0v) is 13.5. The van der Waals surface area contributed by atoms with Crippen LogP contribution < -0.4 is 5.32 Å². The smallest absolute Gasteiger partial charge is 0.108 e. The van der Waals surface area contributed by atoms with Gasteiger partial charge in [0.05, 0.1) is 6.07 Å². The molecule has 0 aromatic rings. The number of rotatable bonds is 5. The Hall–Kier alpha value is -0.590. The molecule has 3 atom stereocenters. The van der Waals surface area contributed by atoms with Gasteiger partial charge in [-0.1, -0.05) is 19.8 Å². The third-order valence-corrected chi connectivity index (χ3v) is 5.03. The third-order valence-electron chi connectivity index (χ3n) is 5.03. The van der Waals surface area contributed by atoms with Crippen LogP contribution in [0.3, 0.4) is 0 Å². The molecule has 3 nitrogen and oxygen atoms in total. The van der Waals surface area contributed by atoms with Crippen LogP contribution in [0.4, 0.5) is 0 Å². The van der Waals surface area contributed by atoms with Crippen LogP contribution >= 0.6 is 0 Å². The molecule has 1 aliphatic heterocycles. The highest BCUT2D eigenvalue weighted by atomic mass is 15.2. The summed E-state index contributed by atoms with van der Waals surface area (Å²) in [6.07, 6.45) is 9.92. The zero-order chi connectivity index (χ0) is 14.6. The monoisotopic (exact) mass is 277 g/mol. The Bertz CT molecular complexity index is 345. The van der Waals surface area contributed by atoms with Crippen LogP contribution in [0.2, 0.25) is 0 Å². The van der Waals surface area contributed by atoms with Crippen molar-refractivity contribution in [1.29, 1.82) is 5.26 Å². The van der Waals surface area contributed by atoms with E-state index in [9.17, 15) is 5.26 Å². The molecule has 114 valence electrons. The molecular formula is C17H31N3. The topological polar surface area (TPSA) is 39.1 Å². The normalized spacial score (nSPS) is 35.4. The number of hydrogen-bond acceptors (Lipinski definition) is 3. The molecule has 3 unspecified atom stereocenters. The van der Waals surface area contributed by atoms with Gasteiger partial charge in [-0.2, -0.15) is 5.26 Å². The fourth-order valence-corrected chi connectivity index (χ4v) is 4.27. The Morgan fingerprint density at radius 3 is 2.80 bits per heavy atom. The molecule has 1 saturated heterocycles. The molecule has 1 heterocycles. The van der Waals surface area contributed by atoms with Gasteiger partial charge < -0.3 is 0 Å². The second-order valence-corrected chi connectivity index (χ2v) is 7.07. The Morgan fingerprint density at radius 1 is 1.35 bits per heavy atom. The summed E-state index contributed by atoms with van der Waals surface area (Å²) >= 11 is 0. The van der Waals surface area contributed by atoms with Crippen molar-refractivity contribution in [3.8, 4) is 6.07 Å². The number of nitrogens with one attached hydrogen (secondary N) is 1. The summed E-state index contributed by atoms with van der Waals surface area (Å²) in [6.45, 7) is 7.83. The average Bonchev–Trinajstić information content (AvgIpc) is 2.84. The van der Waals surface area contributed by atoms with E-state index in [2.05, 4.69) is 37.1 Å². The Kier molecular flexibility index (Phi) is 5.46. The van der Waals surface area contributed by atoms with Gasteiger partial charge in [-0.15, -0.1) is 0 Å². The quantitative estimate of drug-likeness (QED) is 0.836. The fourth-order valence-electron chi connectivity index (χ4n) is 4.27. The molecule has 2 aliphatic rings. The van der Waals surface area contributed by atoms with Crippen LogP contribution in [0.1, 0.15) is 72.1 Å². The molecule has 0 amide bonds. The second-order valence-electron chi connectivity index (χ2n) is 7.07. The van der Waals surface area contributed by atoms with Crippen molar-refractivity contribution in [2.75, 3.05) is 6.54 Å². The maximum Gasteiger partial charge on any atom is 0.108 e. The summed E-state index contributed by atoms with van der Waals surface area (Å²) in [4.78, 5) is 2.74. The Balaban J connectivity index is 2.01. The van der Waals surface area contributed by atoms with Gasteiger partial charge in [0.15, 0.2) is 0 Å². The zero-order valence-electron chi connectivity index (χ0n) is 13.5. The minimum atomic E-state index is -0.271. The number of nitriles is 1. The van der Waals surface area contributed by atoms with E-state index in [0.29, 0.717) is 12.1 Å². The van der Waals surface area contributed by atoms with Gasteiger partial charge in [0, 0.05) is 18.1 Å². The molecule has 0 bridgehead atoms. The number of likely N-dealkylation sites (tertiary alicyclic amines) is 1. The fraction of sp³-hybridized carbons (Fsp3) is 0.941. The van der Waals surface area contributed by atoms with Crippen molar-refractivity contribution < 1.29 is 0 Å². The molecule has 2 rings (SSSR count). The van der Waals surface area contributed by atoms with E-state index in [-0.39, 0.29) is 5.54 Å². The van der Waals surface area contributed by atoms with Crippen LogP contribution in [0.15, 0.2) is 0 Å².